The molecule has 6 heteroatoms. The summed E-state index contributed by atoms with van der Waals surface area (Å²) in [6.45, 7) is 4.92. The van der Waals surface area contributed by atoms with Crippen molar-refractivity contribution in [3.05, 3.63) is 27.5 Å². The molecule has 16 heavy (non-hydrogen) atoms. The topological polar surface area (TPSA) is 12.9 Å². The van der Waals surface area contributed by atoms with Gasteiger partial charge in [0, 0.05) is 6.20 Å². The van der Waals surface area contributed by atoms with E-state index in [9.17, 15) is 13.2 Å². The Balaban J connectivity index is 3.59. The van der Waals surface area contributed by atoms with Crippen molar-refractivity contribution in [3.8, 4) is 0 Å². The molecule has 1 heterocycles. The summed E-state index contributed by atoms with van der Waals surface area (Å²) in [7, 11) is 0. The predicted molar refractivity (Wildman–Crippen MR) is 58.0 cm³/mol. The molecule has 1 aromatic rings. The number of pyridine rings is 1. The zero-order valence-electron chi connectivity index (χ0n) is 8.91. The zero-order valence-corrected chi connectivity index (χ0v) is 10.4. The Bertz CT molecular complexity index is 408. The molecular weight excluding hydrogens is 262 g/mol. The standard InChI is InChI=1S/C10H10Cl2F3N/c1-9(2,3)6-5(10(13,14)15)4-16-8(12)7(6)11/h4H,1-3H3. The lowest BCUT2D eigenvalue weighted by Gasteiger charge is -2.25. The van der Waals surface area contributed by atoms with Gasteiger partial charge in [-0.15, -0.1) is 0 Å². The molecule has 1 rings (SSSR count). The highest BCUT2D eigenvalue weighted by atomic mass is 35.5. The first-order chi connectivity index (χ1) is 7.05. The predicted octanol–water partition coefficient (Wildman–Crippen LogP) is 4.70. The zero-order chi connectivity index (χ0) is 12.7. The summed E-state index contributed by atoms with van der Waals surface area (Å²) in [5, 5.41) is -0.247. The van der Waals surface area contributed by atoms with E-state index in [1.807, 2.05) is 0 Å². The molecule has 0 bridgehead atoms. The SMILES string of the molecule is CC(C)(C)c1c(C(F)(F)F)cnc(Cl)c1Cl. The highest BCUT2D eigenvalue weighted by molar-refractivity contribution is 6.41. The van der Waals surface area contributed by atoms with E-state index < -0.39 is 17.2 Å². The molecule has 1 nitrogen and oxygen atoms in total. The monoisotopic (exact) mass is 271 g/mol. The minimum Gasteiger partial charge on any atom is -0.242 e. The van der Waals surface area contributed by atoms with E-state index in [4.69, 9.17) is 23.2 Å². The van der Waals surface area contributed by atoms with Gasteiger partial charge in [0.2, 0.25) is 0 Å². The molecule has 0 fully saturated rings. The summed E-state index contributed by atoms with van der Waals surface area (Å²) in [5.74, 6) is 0. The number of aromatic nitrogens is 1. The first kappa shape index (κ1) is 13.6. The van der Waals surface area contributed by atoms with Crippen molar-refractivity contribution in [1.29, 1.82) is 0 Å². The van der Waals surface area contributed by atoms with Gasteiger partial charge < -0.3 is 0 Å². The molecule has 0 aliphatic heterocycles. The molecule has 0 aliphatic rings. The molecule has 0 saturated heterocycles. The van der Waals surface area contributed by atoms with Crippen molar-refractivity contribution >= 4 is 23.2 Å². The maximum absolute atomic E-state index is 12.7. The molecule has 0 aliphatic carbocycles. The number of halogens is 5. The summed E-state index contributed by atoms with van der Waals surface area (Å²) in [5.41, 5.74) is -1.62. The Kier molecular flexibility index (Phi) is 3.46. The van der Waals surface area contributed by atoms with Crippen LogP contribution < -0.4 is 0 Å². The minimum absolute atomic E-state index is 0.0262. The Morgan fingerprint density at radius 3 is 2.00 bits per heavy atom. The highest BCUT2D eigenvalue weighted by Gasteiger charge is 2.38. The number of alkyl halides is 3. The van der Waals surface area contributed by atoms with Gasteiger partial charge in [0.25, 0.3) is 0 Å². The summed E-state index contributed by atoms with van der Waals surface area (Å²) in [6.07, 6.45) is -3.77. The molecule has 0 amide bonds. The fraction of sp³-hybridized carbons (Fsp3) is 0.500. The van der Waals surface area contributed by atoms with Crippen LogP contribution in [0.2, 0.25) is 10.2 Å². The average molecular weight is 272 g/mol. The van der Waals surface area contributed by atoms with Gasteiger partial charge in [0.1, 0.15) is 5.15 Å². The highest BCUT2D eigenvalue weighted by Crippen LogP contribution is 2.42. The number of rotatable bonds is 0. The van der Waals surface area contributed by atoms with E-state index in [2.05, 4.69) is 4.98 Å². The van der Waals surface area contributed by atoms with Gasteiger partial charge in [-0.3, -0.25) is 0 Å². The van der Waals surface area contributed by atoms with Gasteiger partial charge >= 0.3 is 6.18 Å². The summed E-state index contributed by atoms with van der Waals surface area (Å²) < 4.78 is 38.2. The van der Waals surface area contributed by atoms with Crippen LogP contribution in [0.25, 0.3) is 0 Å². The fourth-order valence-electron chi connectivity index (χ4n) is 1.41. The quantitative estimate of drug-likeness (QED) is 0.623. The Hall–Kier alpha value is -0.480. The third kappa shape index (κ3) is 2.61. The van der Waals surface area contributed by atoms with Crippen LogP contribution in [0.1, 0.15) is 31.9 Å². The van der Waals surface area contributed by atoms with Crippen LogP contribution in [0.15, 0.2) is 6.20 Å². The van der Waals surface area contributed by atoms with Crippen molar-refractivity contribution < 1.29 is 13.2 Å². The normalized spacial score (nSPS) is 13.0. The lowest BCUT2D eigenvalue weighted by molar-refractivity contribution is -0.138. The molecule has 90 valence electrons. The van der Waals surface area contributed by atoms with E-state index >= 15 is 0 Å². The van der Waals surface area contributed by atoms with Crippen LogP contribution >= 0.6 is 23.2 Å². The first-order valence-electron chi connectivity index (χ1n) is 4.47. The molecule has 0 aromatic carbocycles. The maximum Gasteiger partial charge on any atom is 0.418 e. The van der Waals surface area contributed by atoms with Crippen LogP contribution in [0, 0.1) is 0 Å². The van der Waals surface area contributed by atoms with Gasteiger partial charge in [-0.2, -0.15) is 13.2 Å². The van der Waals surface area contributed by atoms with Crippen LogP contribution in [0.3, 0.4) is 0 Å². The van der Waals surface area contributed by atoms with E-state index in [0.29, 0.717) is 0 Å². The van der Waals surface area contributed by atoms with E-state index in [-0.39, 0.29) is 15.7 Å². The maximum atomic E-state index is 12.7. The fourth-order valence-corrected chi connectivity index (χ4v) is 1.99. The van der Waals surface area contributed by atoms with Crippen molar-refractivity contribution in [1.82, 2.24) is 4.98 Å². The first-order valence-corrected chi connectivity index (χ1v) is 5.22. The van der Waals surface area contributed by atoms with Crippen molar-refractivity contribution in [2.24, 2.45) is 0 Å². The van der Waals surface area contributed by atoms with E-state index in [1.165, 1.54) is 0 Å². The second-order valence-electron chi connectivity index (χ2n) is 4.40. The Morgan fingerprint density at radius 1 is 1.12 bits per heavy atom. The van der Waals surface area contributed by atoms with Crippen LogP contribution in [0.4, 0.5) is 13.2 Å². The number of hydrogen-bond acceptors (Lipinski definition) is 1. The van der Waals surface area contributed by atoms with Gasteiger partial charge in [-0.25, -0.2) is 4.98 Å². The summed E-state index contributed by atoms with van der Waals surface area (Å²) in [6, 6.07) is 0. The molecule has 0 N–H and O–H groups in total. The van der Waals surface area contributed by atoms with Crippen molar-refractivity contribution in [2.75, 3.05) is 0 Å². The Labute approximate surface area is 102 Å². The number of nitrogens with zero attached hydrogens (tertiary/aromatic N) is 1. The van der Waals surface area contributed by atoms with Gasteiger partial charge in [0.05, 0.1) is 10.6 Å². The van der Waals surface area contributed by atoms with Crippen LogP contribution in [0.5, 0.6) is 0 Å². The Morgan fingerprint density at radius 2 is 1.62 bits per heavy atom. The largest absolute Gasteiger partial charge is 0.418 e. The molecule has 0 spiro atoms. The van der Waals surface area contributed by atoms with Crippen molar-refractivity contribution in [2.45, 2.75) is 32.4 Å². The second kappa shape index (κ2) is 4.08. The molecule has 0 unspecified atom stereocenters. The molecular formula is C10H10Cl2F3N. The van der Waals surface area contributed by atoms with Gasteiger partial charge in [-0.05, 0) is 11.0 Å². The van der Waals surface area contributed by atoms with E-state index in [0.717, 1.165) is 6.20 Å². The lowest BCUT2D eigenvalue weighted by atomic mass is 9.84. The smallest absolute Gasteiger partial charge is 0.242 e. The molecule has 0 atom stereocenters. The average Bonchev–Trinajstić information content (AvgIpc) is 2.05. The molecule has 1 aromatic heterocycles. The van der Waals surface area contributed by atoms with Crippen LogP contribution in [-0.2, 0) is 11.6 Å². The van der Waals surface area contributed by atoms with E-state index in [1.54, 1.807) is 20.8 Å². The minimum atomic E-state index is -4.48. The van der Waals surface area contributed by atoms with Crippen molar-refractivity contribution in [3.63, 3.8) is 0 Å². The third-order valence-corrected chi connectivity index (χ3v) is 2.78. The lowest BCUT2D eigenvalue weighted by Crippen LogP contribution is -2.20. The molecule has 0 radical (unpaired) electrons. The van der Waals surface area contributed by atoms with Crippen LogP contribution in [-0.4, -0.2) is 4.98 Å². The summed E-state index contributed by atoms with van der Waals surface area (Å²) >= 11 is 11.4. The third-order valence-electron chi connectivity index (χ3n) is 2.03. The summed E-state index contributed by atoms with van der Waals surface area (Å²) in [4.78, 5) is 3.43. The molecule has 0 saturated carbocycles. The number of hydrogen-bond donors (Lipinski definition) is 0. The van der Waals surface area contributed by atoms with Gasteiger partial charge in [0.15, 0.2) is 0 Å². The van der Waals surface area contributed by atoms with Gasteiger partial charge in [-0.1, -0.05) is 44.0 Å². The second-order valence-corrected chi connectivity index (χ2v) is 5.14.